The maximum absolute atomic E-state index is 8.99. The van der Waals surface area contributed by atoms with Gasteiger partial charge in [-0.05, 0) is 41.8 Å². The Bertz CT molecular complexity index is 811. The van der Waals surface area contributed by atoms with Crippen molar-refractivity contribution in [3.05, 3.63) is 58.6 Å². The highest BCUT2D eigenvalue weighted by atomic mass is 35.5. The molecule has 4 nitrogen and oxygen atoms in total. The minimum atomic E-state index is 0.0330. The van der Waals surface area contributed by atoms with Gasteiger partial charge in [0.15, 0.2) is 0 Å². The molecule has 29 heavy (non-hydrogen) atoms. The molecule has 0 bridgehead atoms. The second kappa shape index (κ2) is 10.3. The molecule has 1 fully saturated rings. The Labute approximate surface area is 182 Å². The predicted octanol–water partition coefficient (Wildman–Crippen LogP) is 4.11. The van der Waals surface area contributed by atoms with Gasteiger partial charge in [0.1, 0.15) is 0 Å². The summed E-state index contributed by atoms with van der Waals surface area (Å²) in [5.41, 5.74) is 2.54. The van der Waals surface area contributed by atoms with Gasteiger partial charge in [0.05, 0.1) is 12.7 Å². The molecular formula is C23H29ClN2O2S. The average Bonchev–Trinajstić information content (AvgIpc) is 2.89. The van der Waals surface area contributed by atoms with Gasteiger partial charge in [-0.15, -0.1) is 0 Å². The van der Waals surface area contributed by atoms with Gasteiger partial charge in [0, 0.05) is 67.1 Å². The van der Waals surface area contributed by atoms with E-state index in [0.29, 0.717) is 0 Å². The molecule has 2 aromatic carbocycles. The number of aliphatic hydroxyl groups is 1. The molecule has 0 saturated carbocycles. The first kappa shape index (κ1) is 21.2. The van der Waals surface area contributed by atoms with Crippen LogP contribution in [0.3, 0.4) is 0 Å². The quantitative estimate of drug-likeness (QED) is 0.712. The Hall–Kier alpha value is -1.08. The predicted molar refractivity (Wildman–Crippen MR) is 119 cm³/mol. The molecule has 156 valence electrons. The maximum atomic E-state index is 8.99. The summed E-state index contributed by atoms with van der Waals surface area (Å²) in [5, 5.41) is 9.76. The smallest absolute Gasteiger partial charge is 0.0877 e. The number of ether oxygens (including phenoxy) is 1. The monoisotopic (exact) mass is 432 g/mol. The minimum Gasteiger partial charge on any atom is -0.396 e. The van der Waals surface area contributed by atoms with Gasteiger partial charge in [-0.3, -0.25) is 4.90 Å². The van der Waals surface area contributed by atoms with Gasteiger partial charge in [0.25, 0.3) is 0 Å². The van der Waals surface area contributed by atoms with E-state index in [1.165, 1.54) is 20.9 Å². The molecule has 2 heterocycles. The van der Waals surface area contributed by atoms with E-state index in [4.69, 9.17) is 21.4 Å². The summed E-state index contributed by atoms with van der Waals surface area (Å²) >= 11 is 8.13. The summed E-state index contributed by atoms with van der Waals surface area (Å²) in [4.78, 5) is 7.46. The summed E-state index contributed by atoms with van der Waals surface area (Å²) < 4.78 is 6.44. The van der Waals surface area contributed by atoms with Crippen molar-refractivity contribution in [3.8, 4) is 0 Å². The molecule has 1 N–H and O–H groups in total. The number of piperazine rings is 1. The van der Waals surface area contributed by atoms with Crippen LogP contribution < -0.4 is 0 Å². The molecule has 1 unspecified atom stereocenters. The fraction of sp³-hybridized carbons (Fsp3) is 0.478. The molecule has 0 amide bonds. The number of hydrogen-bond acceptors (Lipinski definition) is 5. The van der Waals surface area contributed by atoms with Crippen LogP contribution in [0, 0.1) is 0 Å². The molecule has 6 heteroatoms. The van der Waals surface area contributed by atoms with Crippen LogP contribution >= 0.6 is 23.4 Å². The molecule has 2 aromatic rings. The zero-order valence-electron chi connectivity index (χ0n) is 16.7. The minimum absolute atomic E-state index is 0.0330. The van der Waals surface area contributed by atoms with E-state index in [1.54, 1.807) is 0 Å². The zero-order chi connectivity index (χ0) is 20.1. The molecule has 4 rings (SSSR count). The molecule has 0 spiro atoms. The molecule has 1 atom stereocenters. The normalized spacial score (nSPS) is 20.1. The highest BCUT2D eigenvalue weighted by Gasteiger charge is 2.24. The molecule has 0 aromatic heterocycles. The van der Waals surface area contributed by atoms with Crippen molar-refractivity contribution in [2.24, 2.45) is 0 Å². The Balaban J connectivity index is 1.36. The third-order valence-electron chi connectivity index (χ3n) is 5.74. The van der Waals surface area contributed by atoms with Gasteiger partial charge >= 0.3 is 0 Å². The van der Waals surface area contributed by atoms with Gasteiger partial charge in [0.2, 0.25) is 0 Å². The lowest BCUT2D eigenvalue weighted by Crippen LogP contribution is -2.47. The van der Waals surface area contributed by atoms with Crippen LogP contribution in [-0.2, 0) is 11.2 Å². The third-order valence-corrected chi connectivity index (χ3v) is 7.19. The van der Waals surface area contributed by atoms with Crippen LogP contribution in [0.25, 0.3) is 0 Å². The number of nitrogens with zero attached hydrogens (tertiary/aromatic N) is 2. The van der Waals surface area contributed by atoms with E-state index in [0.717, 1.165) is 63.7 Å². The Kier molecular flexibility index (Phi) is 7.51. The molecule has 0 aliphatic carbocycles. The van der Waals surface area contributed by atoms with Crippen LogP contribution in [-0.4, -0.2) is 67.4 Å². The Morgan fingerprint density at radius 1 is 1.00 bits per heavy atom. The Morgan fingerprint density at radius 2 is 1.76 bits per heavy atom. The van der Waals surface area contributed by atoms with Crippen molar-refractivity contribution in [1.29, 1.82) is 0 Å². The number of rotatable bonds is 7. The lowest BCUT2D eigenvalue weighted by molar-refractivity contribution is 0.0250. The van der Waals surface area contributed by atoms with E-state index in [1.807, 2.05) is 17.8 Å². The number of benzene rings is 2. The average molecular weight is 433 g/mol. The van der Waals surface area contributed by atoms with Crippen LogP contribution in [0.5, 0.6) is 0 Å². The van der Waals surface area contributed by atoms with Crippen LogP contribution in [0.15, 0.2) is 52.3 Å². The van der Waals surface area contributed by atoms with Crippen LogP contribution in [0.2, 0.25) is 5.02 Å². The summed E-state index contributed by atoms with van der Waals surface area (Å²) in [6, 6.07) is 14.8. The van der Waals surface area contributed by atoms with Gasteiger partial charge in [-0.1, -0.05) is 41.6 Å². The van der Waals surface area contributed by atoms with Crippen LogP contribution in [0.4, 0.5) is 0 Å². The number of hydrogen-bond donors (Lipinski definition) is 1. The summed E-state index contributed by atoms with van der Waals surface area (Å²) in [5.74, 6) is 0. The lowest BCUT2D eigenvalue weighted by Gasteiger charge is -2.34. The number of halogens is 1. The van der Waals surface area contributed by atoms with Gasteiger partial charge in [-0.25, -0.2) is 0 Å². The third kappa shape index (κ3) is 5.54. The molecule has 2 aliphatic rings. The van der Waals surface area contributed by atoms with E-state index < -0.39 is 0 Å². The van der Waals surface area contributed by atoms with E-state index >= 15 is 0 Å². The lowest BCUT2D eigenvalue weighted by atomic mass is 10.0. The molecule has 0 radical (unpaired) electrons. The second-order valence-electron chi connectivity index (χ2n) is 7.72. The van der Waals surface area contributed by atoms with Crippen molar-refractivity contribution < 1.29 is 9.84 Å². The highest BCUT2D eigenvalue weighted by Crippen LogP contribution is 2.42. The molecule has 2 aliphatic heterocycles. The maximum Gasteiger partial charge on any atom is 0.0877 e. The first-order chi connectivity index (χ1) is 14.2. The van der Waals surface area contributed by atoms with Crippen molar-refractivity contribution in [2.45, 2.75) is 28.7 Å². The fourth-order valence-electron chi connectivity index (χ4n) is 4.07. The summed E-state index contributed by atoms with van der Waals surface area (Å²) in [6.45, 7) is 7.24. The summed E-state index contributed by atoms with van der Waals surface area (Å²) in [6.07, 6.45) is 1.78. The van der Waals surface area contributed by atoms with E-state index in [-0.39, 0.29) is 12.7 Å². The van der Waals surface area contributed by atoms with E-state index in [2.05, 4.69) is 46.2 Å². The standard InChI is InChI=1S/C23H29ClN2O2S/c24-19-6-7-23-20(17-19)21(16-18-4-1-2-5-22(18)29-23)28-15-13-26-11-9-25(10-12-26)8-3-14-27/h1-2,4-7,17,21,27H,3,8-16H2. The first-order valence-electron chi connectivity index (χ1n) is 10.5. The van der Waals surface area contributed by atoms with Crippen molar-refractivity contribution in [3.63, 3.8) is 0 Å². The fourth-order valence-corrected chi connectivity index (χ4v) is 5.36. The largest absolute Gasteiger partial charge is 0.396 e. The van der Waals surface area contributed by atoms with E-state index in [9.17, 15) is 0 Å². The highest BCUT2D eigenvalue weighted by molar-refractivity contribution is 7.99. The van der Waals surface area contributed by atoms with Gasteiger partial charge < -0.3 is 14.7 Å². The van der Waals surface area contributed by atoms with Gasteiger partial charge in [-0.2, -0.15) is 0 Å². The number of aliphatic hydroxyl groups excluding tert-OH is 1. The first-order valence-corrected chi connectivity index (χ1v) is 11.6. The van der Waals surface area contributed by atoms with Crippen molar-refractivity contribution in [2.75, 3.05) is 52.5 Å². The second-order valence-corrected chi connectivity index (χ2v) is 9.24. The van der Waals surface area contributed by atoms with Crippen LogP contribution in [0.1, 0.15) is 23.7 Å². The zero-order valence-corrected chi connectivity index (χ0v) is 18.3. The summed E-state index contributed by atoms with van der Waals surface area (Å²) in [7, 11) is 0. The molecule has 1 saturated heterocycles. The number of fused-ring (bicyclic) bond motifs is 2. The molecular weight excluding hydrogens is 404 g/mol. The Morgan fingerprint density at radius 3 is 2.55 bits per heavy atom. The topological polar surface area (TPSA) is 35.9 Å². The SMILES string of the molecule is OCCCN1CCN(CCOC2Cc3ccccc3Sc3ccc(Cl)cc32)CC1. The van der Waals surface area contributed by atoms with Crippen molar-refractivity contribution in [1.82, 2.24) is 9.80 Å². The van der Waals surface area contributed by atoms with Crippen molar-refractivity contribution >= 4 is 23.4 Å².